The van der Waals surface area contributed by atoms with Crippen LogP contribution in [0.1, 0.15) is 20.3 Å². The Morgan fingerprint density at radius 3 is 2.38 bits per heavy atom. The minimum atomic E-state index is 0.212. The summed E-state index contributed by atoms with van der Waals surface area (Å²) in [6.07, 6.45) is 1.18. The molecule has 1 aliphatic rings. The van der Waals surface area contributed by atoms with Gasteiger partial charge in [0.1, 0.15) is 0 Å². The zero-order valence-corrected chi connectivity index (χ0v) is 5.35. The molecule has 0 spiro atoms. The van der Waals surface area contributed by atoms with Gasteiger partial charge in [-0.25, -0.2) is 0 Å². The van der Waals surface area contributed by atoms with E-state index in [4.69, 9.17) is 0 Å². The van der Waals surface area contributed by atoms with Crippen LogP contribution in [-0.4, -0.2) is 23.4 Å². The molecule has 0 aromatic rings. The van der Waals surface area contributed by atoms with Crippen LogP contribution in [0.4, 0.5) is 0 Å². The first-order chi connectivity index (χ1) is 3.72. The van der Waals surface area contributed by atoms with Crippen LogP contribution >= 0.6 is 0 Å². The van der Waals surface area contributed by atoms with Crippen LogP contribution in [0.2, 0.25) is 0 Å². The van der Waals surface area contributed by atoms with E-state index in [9.17, 15) is 4.79 Å². The molecular formula is C6H11NO. The molecule has 1 saturated heterocycles. The Hall–Kier alpha value is -0.530. The fraction of sp³-hybridized carbons (Fsp3) is 0.833. The lowest BCUT2D eigenvalue weighted by atomic mass is 10.1. The minimum absolute atomic E-state index is 0.212. The third kappa shape index (κ3) is 0.703. The maximum Gasteiger partial charge on any atom is 0.219 e. The normalized spacial score (nSPS) is 27.2. The van der Waals surface area contributed by atoms with Crippen molar-refractivity contribution in [3.63, 3.8) is 0 Å². The van der Waals surface area contributed by atoms with Crippen LogP contribution in [0.3, 0.4) is 0 Å². The third-order valence-corrected chi connectivity index (χ3v) is 1.72. The van der Waals surface area contributed by atoms with Crippen molar-refractivity contribution < 1.29 is 4.79 Å². The molecule has 1 amide bonds. The maximum absolute atomic E-state index is 10.6. The van der Waals surface area contributed by atoms with Crippen molar-refractivity contribution in [2.45, 2.75) is 26.3 Å². The molecule has 2 nitrogen and oxygen atoms in total. The highest BCUT2D eigenvalue weighted by atomic mass is 16.2. The first kappa shape index (κ1) is 5.60. The van der Waals surface area contributed by atoms with E-state index in [1.807, 2.05) is 4.90 Å². The second kappa shape index (κ2) is 1.77. The summed E-state index contributed by atoms with van der Waals surface area (Å²) >= 11 is 0. The number of carbonyl (C=O) groups is 1. The zero-order valence-electron chi connectivity index (χ0n) is 5.35. The molecule has 0 N–H and O–H groups in total. The molecule has 1 rings (SSSR count). The molecule has 2 heteroatoms. The molecule has 0 aromatic heterocycles. The Kier molecular flexibility index (Phi) is 1.24. The number of rotatable bonds is 0. The molecule has 1 fully saturated rings. The van der Waals surface area contributed by atoms with Gasteiger partial charge in [0.2, 0.25) is 5.91 Å². The van der Waals surface area contributed by atoms with Crippen LogP contribution in [0.15, 0.2) is 0 Å². The van der Waals surface area contributed by atoms with E-state index >= 15 is 0 Å². The van der Waals surface area contributed by atoms with Crippen LogP contribution in [0.5, 0.6) is 0 Å². The van der Waals surface area contributed by atoms with Crippen LogP contribution in [0.25, 0.3) is 0 Å². The molecule has 8 heavy (non-hydrogen) atoms. The lowest BCUT2D eigenvalue weighted by Crippen LogP contribution is -2.48. The molecule has 0 unspecified atom stereocenters. The third-order valence-electron chi connectivity index (χ3n) is 1.72. The molecule has 0 aromatic carbocycles. The van der Waals surface area contributed by atoms with Crippen molar-refractivity contribution >= 4 is 5.91 Å². The second-order valence-electron chi connectivity index (χ2n) is 2.35. The minimum Gasteiger partial charge on any atom is -0.340 e. The van der Waals surface area contributed by atoms with E-state index in [0.29, 0.717) is 6.04 Å². The van der Waals surface area contributed by atoms with E-state index in [2.05, 4.69) is 6.92 Å². The van der Waals surface area contributed by atoms with Gasteiger partial charge in [-0.3, -0.25) is 4.79 Å². The van der Waals surface area contributed by atoms with Gasteiger partial charge in [0.25, 0.3) is 0 Å². The van der Waals surface area contributed by atoms with E-state index < -0.39 is 0 Å². The quantitative estimate of drug-likeness (QED) is 0.451. The Bertz CT molecular complexity index is 111. The first-order valence-corrected chi connectivity index (χ1v) is 2.99. The predicted octanol–water partition coefficient (Wildman–Crippen LogP) is 0.627. The van der Waals surface area contributed by atoms with Gasteiger partial charge in [0.05, 0.1) is 0 Å². The summed E-state index contributed by atoms with van der Waals surface area (Å²) < 4.78 is 0. The summed E-state index contributed by atoms with van der Waals surface area (Å²) in [5.41, 5.74) is 0. The van der Waals surface area contributed by atoms with Crippen LogP contribution < -0.4 is 0 Å². The summed E-state index contributed by atoms with van der Waals surface area (Å²) in [6, 6.07) is 0.507. The summed E-state index contributed by atoms with van der Waals surface area (Å²) in [7, 11) is 0. The molecule has 0 saturated carbocycles. The largest absolute Gasteiger partial charge is 0.340 e. The number of hydrogen-bond acceptors (Lipinski definition) is 1. The molecule has 0 bridgehead atoms. The summed E-state index contributed by atoms with van der Waals surface area (Å²) in [6.45, 7) is 4.66. The van der Waals surface area contributed by atoms with Gasteiger partial charge in [-0.15, -0.1) is 0 Å². The van der Waals surface area contributed by atoms with Crippen molar-refractivity contribution in [1.29, 1.82) is 0 Å². The Morgan fingerprint density at radius 2 is 2.38 bits per heavy atom. The van der Waals surface area contributed by atoms with Gasteiger partial charge in [-0.05, 0) is 13.3 Å². The number of likely N-dealkylation sites (tertiary alicyclic amines) is 1. The van der Waals surface area contributed by atoms with E-state index in [1.165, 1.54) is 6.42 Å². The number of carbonyl (C=O) groups excluding carboxylic acids is 1. The van der Waals surface area contributed by atoms with Crippen molar-refractivity contribution in [2.24, 2.45) is 0 Å². The van der Waals surface area contributed by atoms with Gasteiger partial charge in [-0.1, -0.05) is 0 Å². The lowest BCUT2D eigenvalue weighted by Gasteiger charge is -2.37. The topological polar surface area (TPSA) is 20.3 Å². The number of hydrogen-bond donors (Lipinski definition) is 0. The Morgan fingerprint density at radius 1 is 1.75 bits per heavy atom. The smallest absolute Gasteiger partial charge is 0.219 e. The maximum atomic E-state index is 10.6. The molecule has 1 heterocycles. The number of amides is 1. The fourth-order valence-electron chi connectivity index (χ4n) is 0.984. The standard InChI is InChI=1S/C6H11NO/c1-5-3-4-7(5)6(2)8/h5H,3-4H2,1-2H3/t5-/m0/s1. The number of nitrogens with zero attached hydrogens (tertiary/aromatic N) is 1. The fourth-order valence-corrected chi connectivity index (χ4v) is 0.984. The SMILES string of the molecule is CC(=O)N1CC[C@@H]1C. The lowest BCUT2D eigenvalue weighted by molar-refractivity contribution is -0.135. The second-order valence-corrected chi connectivity index (χ2v) is 2.35. The molecular weight excluding hydrogens is 102 g/mol. The zero-order chi connectivity index (χ0) is 6.15. The van der Waals surface area contributed by atoms with Crippen LogP contribution in [0, 0.1) is 0 Å². The summed E-state index contributed by atoms with van der Waals surface area (Å²) in [5, 5.41) is 0. The van der Waals surface area contributed by atoms with Gasteiger partial charge in [-0.2, -0.15) is 0 Å². The van der Waals surface area contributed by atoms with Gasteiger partial charge >= 0.3 is 0 Å². The highest BCUT2D eigenvalue weighted by Gasteiger charge is 2.24. The van der Waals surface area contributed by atoms with E-state index in [0.717, 1.165) is 6.54 Å². The first-order valence-electron chi connectivity index (χ1n) is 2.99. The van der Waals surface area contributed by atoms with Gasteiger partial charge in [0.15, 0.2) is 0 Å². The predicted molar refractivity (Wildman–Crippen MR) is 31.5 cm³/mol. The molecule has 0 radical (unpaired) electrons. The molecule has 1 atom stereocenters. The molecule has 0 aliphatic carbocycles. The highest BCUT2D eigenvalue weighted by molar-refractivity contribution is 5.74. The average molecular weight is 113 g/mol. The van der Waals surface area contributed by atoms with Crippen molar-refractivity contribution in [3.05, 3.63) is 0 Å². The van der Waals surface area contributed by atoms with Crippen molar-refractivity contribution in [1.82, 2.24) is 4.90 Å². The molecule has 1 aliphatic heterocycles. The summed E-state index contributed by atoms with van der Waals surface area (Å²) in [5.74, 6) is 0.212. The summed E-state index contributed by atoms with van der Waals surface area (Å²) in [4.78, 5) is 12.4. The van der Waals surface area contributed by atoms with Crippen molar-refractivity contribution in [2.75, 3.05) is 6.54 Å². The molecule has 46 valence electrons. The van der Waals surface area contributed by atoms with Crippen molar-refractivity contribution in [3.8, 4) is 0 Å². The van der Waals surface area contributed by atoms with Gasteiger partial charge in [0, 0.05) is 19.5 Å². The Balaban J connectivity index is 2.37. The van der Waals surface area contributed by atoms with Gasteiger partial charge < -0.3 is 4.90 Å². The van der Waals surface area contributed by atoms with E-state index in [-0.39, 0.29) is 5.91 Å². The average Bonchev–Trinajstić information content (AvgIpc) is 1.61. The highest BCUT2D eigenvalue weighted by Crippen LogP contribution is 2.15. The Labute approximate surface area is 49.5 Å². The van der Waals surface area contributed by atoms with Crippen LogP contribution in [-0.2, 0) is 4.79 Å². The van der Waals surface area contributed by atoms with E-state index in [1.54, 1.807) is 6.92 Å². The monoisotopic (exact) mass is 113 g/mol.